The highest BCUT2D eigenvalue weighted by Gasteiger charge is 2.30. The fourth-order valence-electron chi connectivity index (χ4n) is 4.82. The standard InChI is InChI=1S/C26H27N9/c1-5-35-15-19(13-28-35)17-6-8-18(9-7-17)25-23-21(31-34(25)4)12-16(2)20-14-27-26(30-24(20)23)29-22-10-11-33(3)32-22/h6-11,13-16H,5,12H2,1-4H3,(H,27,29,30,32). The van der Waals surface area contributed by atoms with E-state index in [-0.39, 0.29) is 0 Å². The summed E-state index contributed by atoms with van der Waals surface area (Å²) in [6, 6.07) is 10.5. The largest absolute Gasteiger partial charge is 0.307 e. The Morgan fingerprint density at radius 2 is 1.80 bits per heavy atom. The molecule has 0 radical (unpaired) electrons. The molecule has 1 N–H and O–H groups in total. The topological polar surface area (TPSA) is 91.3 Å². The van der Waals surface area contributed by atoms with E-state index < -0.39 is 0 Å². The van der Waals surface area contributed by atoms with Crippen LogP contribution in [-0.4, -0.2) is 39.3 Å². The number of anilines is 2. The van der Waals surface area contributed by atoms with Crippen molar-refractivity contribution in [1.29, 1.82) is 0 Å². The van der Waals surface area contributed by atoms with E-state index in [1.165, 1.54) is 0 Å². The highest BCUT2D eigenvalue weighted by Crippen LogP contribution is 2.43. The third-order valence-corrected chi connectivity index (χ3v) is 6.61. The van der Waals surface area contributed by atoms with E-state index >= 15 is 0 Å². The van der Waals surface area contributed by atoms with Gasteiger partial charge >= 0.3 is 0 Å². The van der Waals surface area contributed by atoms with Gasteiger partial charge in [0, 0.05) is 67.6 Å². The van der Waals surface area contributed by atoms with Gasteiger partial charge in [-0.3, -0.25) is 14.0 Å². The van der Waals surface area contributed by atoms with Crippen molar-refractivity contribution in [2.24, 2.45) is 14.1 Å². The molecule has 4 heterocycles. The molecule has 1 unspecified atom stereocenters. The summed E-state index contributed by atoms with van der Waals surface area (Å²) < 4.78 is 5.66. The predicted octanol–water partition coefficient (Wildman–Crippen LogP) is 4.56. The maximum Gasteiger partial charge on any atom is 0.228 e. The molecule has 6 rings (SSSR count). The van der Waals surface area contributed by atoms with Gasteiger partial charge in [0.1, 0.15) is 0 Å². The second-order valence-electron chi connectivity index (χ2n) is 9.06. The number of nitrogens with one attached hydrogen (secondary N) is 1. The minimum Gasteiger partial charge on any atom is -0.307 e. The maximum atomic E-state index is 4.95. The minimum atomic E-state index is 0.293. The Morgan fingerprint density at radius 3 is 2.51 bits per heavy atom. The molecule has 0 saturated heterocycles. The van der Waals surface area contributed by atoms with E-state index in [2.05, 4.69) is 64.8 Å². The van der Waals surface area contributed by atoms with Gasteiger partial charge in [0.25, 0.3) is 0 Å². The normalized spacial score (nSPS) is 14.6. The summed E-state index contributed by atoms with van der Waals surface area (Å²) in [5.74, 6) is 1.53. The molecular formula is C26H27N9. The SMILES string of the molecule is CCn1cc(-c2ccc(-c3c4c(nn3C)CC(C)c3cnc(Nc5ccn(C)n5)nc3-4)cc2)cn1. The Kier molecular flexibility index (Phi) is 4.98. The third kappa shape index (κ3) is 3.69. The van der Waals surface area contributed by atoms with Crippen LogP contribution in [-0.2, 0) is 27.1 Å². The zero-order valence-electron chi connectivity index (χ0n) is 20.3. The van der Waals surface area contributed by atoms with E-state index in [9.17, 15) is 0 Å². The number of benzene rings is 1. The number of fused-ring (bicyclic) bond motifs is 3. The lowest BCUT2D eigenvalue weighted by Crippen LogP contribution is -2.12. The van der Waals surface area contributed by atoms with Crippen LogP contribution in [0.2, 0.25) is 0 Å². The van der Waals surface area contributed by atoms with Gasteiger partial charge in [0.05, 0.1) is 23.3 Å². The molecule has 0 fully saturated rings. The Bertz CT molecular complexity index is 1520. The Morgan fingerprint density at radius 1 is 1.00 bits per heavy atom. The van der Waals surface area contributed by atoms with Crippen molar-refractivity contribution in [3.05, 3.63) is 66.4 Å². The highest BCUT2D eigenvalue weighted by molar-refractivity contribution is 5.85. The second kappa shape index (κ2) is 8.19. The predicted molar refractivity (Wildman–Crippen MR) is 135 cm³/mol. The van der Waals surface area contributed by atoms with Gasteiger partial charge in [-0.05, 0) is 24.8 Å². The molecule has 1 aromatic carbocycles. The quantitative estimate of drug-likeness (QED) is 0.409. The molecule has 0 amide bonds. The smallest absolute Gasteiger partial charge is 0.228 e. The molecule has 35 heavy (non-hydrogen) atoms. The van der Waals surface area contributed by atoms with Gasteiger partial charge in [-0.1, -0.05) is 31.2 Å². The first kappa shape index (κ1) is 21.3. The first-order valence-corrected chi connectivity index (χ1v) is 11.8. The molecule has 0 aliphatic heterocycles. The number of hydrogen-bond donors (Lipinski definition) is 1. The highest BCUT2D eigenvalue weighted by atomic mass is 15.3. The van der Waals surface area contributed by atoms with Crippen LogP contribution in [0.15, 0.2) is 55.1 Å². The van der Waals surface area contributed by atoms with Crippen molar-refractivity contribution >= 4 is 11.8 Å². The van der Waals surface area contributed by atoms with Gasteiger partial charge in [-0.15, -0.1) is 0 Å². The van der Waals surface area contributed by atoms with Crippen molar-refractivity contribution in [3.63, 3.8) is 0 Å². The van der Waals surface area contributed by atoms with Crippen LogP contribution in [0.3, 0.4) is 0 Å². The van der Waals surface area contributed by atoms with E-state index in [1.807, 2.05) is 48.1 Å². The fourth-order valence-corrected chi connectivity index (χ4v) is 4.82. The zero-order chi connectivity index (χ0) is 24.1. The number of nitrogens with zero attached hydrogens (tertiary/aromatic N) is 8. The van der Waals surface area contributed by atoms with E-state index in [4.69, 9.17) is 10.1 Å². The first-order valence-electron chi connectivity index (χ1n) is 11.8. The molecule has 1 aliphatic rings. The summed E-state index contributed by atoms with van der Waals surface area (Å²) in [7, 11) is 3.89. The van der Waals surface area contributed by atoms with Crippen LogP contribution in [0.5, 0.6) is 0 Å². The molecular weight excluding hydrogens is 438 g/mol. The number of rotatable bonds is 5. The molecule has 176 valence electrons. The van der Waals surface area contributed by atoms with Crippen LogP contribution in [0.25, 0.3) is 33.6 Å². The summed E-state index contributed by atoms with van der Waals surface area (Å²) in [6.45, 7) is 5.15. The first-order chi connectivity index (χ1) is 17.0. The average molecular weight is 466 g/mol. The minimum absolute atomic E-state index is 0.293. The summed E-state index contributed by atoms with van der Waals surface area (Å²) in [6.07, 6.45) is 8.67. The Hall–Kier alpha value is -4.27. The molecule has 4 aromatic heterocycles. The molecule has 5 aromatic rings. The van der Waals surface area contributed by atoms with E-state index in [1.54, 1.807) is 4.68 Å². The summed E-state index contributed by atoms with van der Waals surface area (Å²) in [4.78, 5) is 9.53. The van der Waals surface area contributed by atoms with Gasteiger partial charge < -0.3 is 5.32 Å². The maximum absolute atomic E-state index is 4.95. The van der Waals surface area contributed by atoms with Crippen molar-refractivity contribution in [3.8, 4) is 33.6 Å². The Balaban J connectivity index is 1.41. The van der Waals surface area contributed by atoms with Gasteiger partial charge in [-0.2, -0.15) is 15.3 Å². The molecule has 9 nitrogen and oxygen atoms in total. The molecule has 1 aliphatic carbocycles. The average Bonchev–Trinajstić information content (AvgIpc) is 3.57. The van der Waals surface area contributed by atoms with Crippen LogP contribution in [0.4, 0.5) is 11.8 Å². The number of aryl methyl sites for hydroxylation is 3. The monoisotopic (exact) mass is 465 g/mol. The van der Waals surface area contributed by atoms with Crippen LogP contribution in [0.1, 0.15) is 31.0 Å². The van der Waals surface area contributed by atoms with E-state index in [0.717, 1.165) is 57.9 Å². The van der Waals surface area contributed by atoms with Gasteiger partial charge in [-0.25, -0.2) is 9.97 Å². The third-order valence-electron chi connectivity index (χ3n) is 6.61. The fraction of sp³-hybridized carbons (Fsp3) is 0.269. The summed E-state index contributed by atoms with van der Waals surface area (Å²) >= 11 is 0. The molecule has 9 heteroatoms. The second-order valence-corrected chi connectivity index (χ2v) is 9.06. The van der Waals surface area contributed by atoms with Crippen molar-refractivity contribution in [1.82, 2.24) is 39.3 Å². The lowest BCUT2D eigenvalue weighted by Gasteiger charge is -2.22. The van der Waals surface area contributed by atoms with Gasteiger partial charge in [0.2, 0.25) is 5.95 Å². The number of hydrogen-bond acceptors (Lipinski definition) is 6. The van der Waals surface area contributed by atoms with Crippen molar-refractivity contribution in [2.45, 2.75) is 32.7 Å². The molecule has 1 atom stereocenters. The van der Waals surface area contributed by atoms with Crippen molar-refractivity contribution in [2.75, 3.05) is 5.32 Å². The summed E-state index contributed by atoms with van der Waals surface area (Å²) in [5, 5.41) is 16.9. The molecule has 0 spiro atoms. The number of aromatic nitrogens is 8. The lowest BCUT2D eigenvalue weighted by molar-refractivity contribution is 0.660. The van der Waals surface area contributed by atoms with Crippen LogP contribution < -0.4 is 5.32 Å². The lowest BCUT2D eigenvalue weighted by atomic mass is 9.84. The van der Waals surface area contributed by atoms with Crippen LogP contribution >= 0.6 is 0 Å². The Labute approximate surface area is 203 Å². The van der Waals surface area contributed by atoms with E-state index in [0.29, 0.717) is 17.7 Å². The van der Waals surface area contributed by atoms with Crippen molar-refractivity contribution < 1.29 is 0 Å². The van der Waals surface area contributed by atoms with Gasteiger partial charge in [0.15, 0.2) is 5.82 Å². The molecule has 0 bridgehead atoms. The summed E-state index contributed by atoms with van der Waals surface area (Å²) in [5.41, 5.74) is 8.64. The zero-order valence-corrected chi connectivity index (χ0v) is 20.3. The molecule has 0 saturated carbocycles. The van der Waals surface area contributed by atoms with Crippen LogP contribution in [0, 0.1) is 0 Å².